The SMILES string of the molecule is N[C@H]1CC2(CCOCC2)Oc2ccccc21. The number of fused-ring (bicyclic) bond motifs is 1. The van der Waals surface area contributed by atoms with E-state index in [-0.39, 0.29) is 11.6 Å². The third-order valence-electron chi connectivity index (χ3n) is 3.64. The highest BCUT2D eigenvalue weighted by molar-refractivity contribution is 5.38. The predicted octanol–water partition coefficient (Wildman–Crippen LogP) is 2.02. The molecule has 1 spiro atoms. The second-order valence-electron chi connectivity index (χ2n) is 4.75. The zero-order chi connectivity index (χ0) is 11.0. The fourth-order valence-electron chi connectivity index (χ4n) is 2.72. The molecule has 0 aliphatic carbocycles. The second kappa shape index (κ2) is 3.75. The van der Waals surface area contributed by atoms with E-state index in [0.29, 0.717) is 0 Å². The van der Waals surface area contributed by atoms with Gasteiger partial charge in [0.25, 0.3) is 0 Å². The molecule has 3 rings (SSSR count). The van der Waals surface area contributed by atoms with Crippen LogP contribution >= 0.6 is 0 Å². The third-order valence-corrected chi connectivity index (χ3v) is 3.64. The van der Waals surface area contributed by atoms with Crippen molar-refractivity contribution in [3.8, 4) is 5.75 Å². The zero-order valence-electron chi connectivity index (χ0n) is 9.32. The van der Waals surface area contributed by atoms with Crippen LogP contribution in [0.4, 0.5) is 0 Å². The van der Waals surface area contributed by atoms with Gasteiger partial charge in [-0.3, -0.25) is 0 Å². The Bertz CT molecular complexity index is 385. The number of hydrogen-bond acceptors (Lipinski definition) is 3. The Hall–Kier alpha value is -1.06. The van der Waals surface area contributed by atoms with Crippen molar-refractivity contribution in [3.05, 3.63) is 29.8 Å². The monoisotopic (exact) mass is 219 g/mol. The Morgan fingerprint density at radius 2 is 1.94 bits per heavy atom. The predicted molar refractivity (Wildman–Crippen MR) is 61.4 cm³/mol. The van der Waals surface area contributed by atoms with E-state index in [1.165, 1.54) is 0 Å². The summed E-state index contributed by atoms with van der Waals surface area (Å²) in [5.74, 6) is 0.961. The summed E-state index contributed by atoms with van der Waals surface area (Å²) < 4.78 is 11.6. The zero-order valence-corrected chi connectivity index (χ0v) is 9.32. The third kappa shape index (κ3) is 1.60. The Morgan fingerprint density at radius 3 is 2.75 bits per heavy atom. The van der Waals surface area contributed by atoms with Gasteiger partial charge < -0.3 is 15.2 Å². The Morgan fingerprint density at radius 1 is 1.19 bits per heavy atom. The van der Waals surface area contributed by atoms with Crippen molar-refractivity contribution in [2.45, 2.75) is 30.9 Å². The molecule has 16 heavy (non-hydrogen) atoms. The van der Waals surface area contributed by atoms with Gasteiger partial charge in [-0.2, -0.15) is 0 Å². The van der Waals surface area contributed by atoms with E-state index >= 15 is 0 Å². The molecule has 0 bridgehead atoms. The van der Waals surface area contributed by atoms with Crippen molar-refractivity contribution in [2.75, 3.05) is 13.2 Å². The molecule has 2 heterocycles. The van der Waals surface area contributed by atoms with E-state index in [2.05, 4.69) is 6.07 Å². The molecule has 86 valence electrons. The molecule has 0 amide bonds. The van der Waals surface area contributed by atoms with Crippen LogP contribution in [0, 0.1) is 0 Å². The van der Waals surface area contributed by atoms with Crippen LogP contribution in [-0.4, -0.2) is 18.8 Å². The van der Waals surface area contributed by atoms with Gasteiger partial charge in [0, 0.05) is 30.9 Å². The maximum Gasteiger partial charge on any atom is 0.124 e. The topological polar surface area (TPSA) is 44.5 Å². The standard InChI is InChI=1S/C13H17NO2/c14-11-9-13(5-7-15-8-6-13)16-12-4-2-1-3-10(11)12/h1-4,11H,5-9,14H2/t11-/m0/s1. The smallest absolute Gasteiger partial charge is 0.124 e. The van der Waals surface area contributed by atoms with E-state index in [1.807, 2.05) is 18.2 Å². The number of benzene rings is 1. The lowest BCUT2D eigenvalue weighted by Gasteiger charge is -2.43. The lowest BCUT2D eigenvalue weighted by Crippen LogP contribution is -2.46. The minimum absolute atomic E-state index is 0.0774. The molecule has 3 nitrogen and oxygen atoms in total. The first-order chi connectivity index (χ1) is 7.79. The second-order valence-corrected chi connectivity index (χ2v) is 4.75. The number of rotatable bonds is 0. The molecule has 1 saturated heterocycles. The lowest BCUT2D eigenvalue weighted by molar-refractivity contribution is -0.0620. The molecule has 2 aliphatic heterocycles. The summed E-state index contributed by atoms with van der Waals surface area (Å²) in [5, 5.41) is 0. The molecular formula is C13H17NO2. The van der Waals surface area contributed by atoms with Gasteiger partial charge in [0.2, 0.25) is 0 Å². The van der Waals surface area contributed by atoms with Crippen molar-refractivity contribution >= 4 is 0 Å². The lowest BCUT2D eigenvalue weighted by atomic mass is 9.82. The van der Waals surface area contributed by atoms with Crippen molar-refractivity contribution in [2.24, 2.45) is 5.73 Å². The maximum atomic E-state index is 6.23. The largest absolute Gasteiger partial charge is 0.487 e. The average molecular weight is 219 g/mol. The summed E-state index contributed by atoms with van der Waals surface area (Å²) in [5.41, 5.74) is 7.29. The Labute approximate surface area is 95.5 Å². The van der Waals surface area contributed by atoms with E-state index in [4.69, 9.17) is 15.2 Å². The minimum Gasteiger partial charge on any atom is -0.487 e. The van der Waals surface area contributed by atoms with Crippen molar-refractivity contribution in [1.29, 1.82) is 0 Å². The molecule has 2 aliphatic rings. The van der Waals surface area contributed by atoms with Crippen molar-refractivity contribution in [3.63, 3.8) is 0 Å². The first-order valence-electron chi connectivity index (χ1n) is 5.90. The van der Waals surface area contributed by atoms with Crippen LogP contribution in [0.5, 0.6) is 5.75 Å². The van der Waals surface area contributed by atoms with E-state index in [0.717, 1.165) is 43.8 Å². The maximum absolute atomic E-state index is 6.23. The van der Waals surface area contributed by atoms with Gasteiger partial charge in [-0.1, -0.05) is 18.2 Å². The highest BCUT2D eigenvalue weighted by Gasteiger charge is 2.40. The molecule has 0 radical (unpaired) electrons. The number of para-hydroxylation sites is 1. The molecule has 0 saturated carbocycles. The molecule has 1 aromatic carbocycles. The summed E-state index contributed by atoms with van der Waals surface area (Å²) in [4.78, 5) is 0. The first-order valence-corrected chi connectivity index (χ1v) is 5.90. The Balaban J connectivity index is 1.93. The van der Waals surface area contributed by atoms with Crippen LogP contribution in [-0.2, 0) is 4.74 Å². The molecule has 1 atom stereocenters. The summed E-state index contributed by atoms with van der Waals surface area (Å²) in [7, 11) is 0. The van der Waals surface area contributed by atoms with Gasteiger partial charge in [-0.05, 0) is 6.07 Å². The van der Waals surface area contributed by atoms with Crippen LogP contribution < -0.4 is 10.5 Å². The molecular weight excluding hydrogens is 202 g/mol. The van der Waals surface area contributed by atoms with Gasteiger partial charge in [-0.15, -0.1) is 0 Å². The highest BCUT2D eigenvalue weighted by atomic mass is 16.5. The summed E-state index contributed by atoms with van der Waals surface area (Å²) in [6.07, 6.45) is 2.82. The Kier molecular flexibility index (Phi) is 2.37. The molecule has 0 unspecified atom stereocenters. The van der Waals surface area contributed by atoms with Gasteiger partial charge in [-0.25, -0.2) is 0 Å². The normalized spacial score (nSPS) is 27.2. The van der Waals surface area contributed by atoms with Crippen LogP contribution in [0.3, 0.4) is 0 Å². The molecule has 1 aromatic rings. The number of nitrogens with two attached hydrogens (primary N) is 1. The van der Waals surface area contributed by atoms with Crippen LogP contribution in [0.15, 0.2) is 24.3 Å². The fraction of sp³-hybridized carbons (Fsp3) is 0.538. The molecule has 1 fully saturated rings. The number of ether oxygens (including phenoxy) is 2. The van der Waals surface area contributed by atoms with Gasteiger partial charge in [0.15, 0.2) is 0 Å². The fourth-order valence-corrected chi connectivity index (χ4v) is 2.72. The summed E-state index contributed by atoms with van der Waals surface area (Å²) in [6.45, 7) is 1.57. The van der Waals surface area contributed by atoms with E-state index in [1.54, 1.807) is 0 Å². The van der Waals surface area contributed by atoms with Gasteiger partial charge in [0.1, 0.15) is 11.4 Å². The van der Waals surface area contributed by atoms with Crippen molar-refractivity contribution in [1.82, 2.24) is 0 Å². The quantitative estimate of drug-likeness (QED) is 0.726. The van der Waals surface area contributed by atoms with E-state index in [9.17, 15) is 0 Å². The van der Waals surface area contributed by atoms with Crippen molar-refractivity contribution < 1.29 is 9.47 Å². The van der Waals surface area contributed by atoms with Crippen LogP contribution in [0.25, 0.3) is 0 Å². The number of hydrogen-bond donors (Lipinski definition) is 1. The highest BCUT2D eigenvalue weighted by Crippen LogP contribution is 2.42. The summed E-state index contributed by atoms with van der Waals surface area (Å²) >= 11 is 0. The van der Waals surface area contributed by atoms with Gasteiger partial charge in [0.05, 0.1) is 13.2 Å². The summed E-state index contributed by atoms with van der Waals surface area (Å²) in [6, 6.07) is 8.20. The first kappa shape index (κ1) is 10.1. The molecule has 0 aromatic heterocycles. The van der Waals surface area contributed by atoms with Gasteiger partial charge >= 0.3 is 0 Å². The van der Waals surface area contributed by atoms with Crippen LogP contribution in [0.2, 0.25) is 0 Å². The average Bonchev–Trinajstić information content (AvgIpc) is 2.30. The van der Waals surface area contributed by atoms with Crippen LogP contribution in [0.1, 0.15) is 30.9 Å². The minimum atomic E-state index is -0.0774. The molecule has 3 heteroatoms. The molecule has 2 N–H and O–H groups in total. The van der Waals surface area contributed by atoms with E-state index < -0.39 is 0 Å².